The first-order chi connectivity index (χ1) is 5.58. The number of hydrogen-bond donors (Lipinski definition) is 0. The molecule has 1 aromatic carbocycles. The van der Waals surface area contributed by atoms with Gasteiger partial charge in [0, 0.05) is 0 Å². The Bertz CT molecular complexity index is 243. The number of hydrogen-bond acceptors (Lipinski definition) is 0. The molecule has 2 radical (unpaired) electrons. The summed E-state index contributed by atoms with van der Waals surface area (Å²) in [4.78, 5) is 0. The van der Waals surface area contributed by atoms with Crippen molar-refractivity contribution in [1.82, 2.24) is 0 Å². The molecule has 1 rings (SSSR count). The molecule has 0 aliphatic heterocycles. The second-order valence-corrected chi connectivity index (χ2v) is 6.93. The molecule has 0 fully saturated rings. The summed E-state index contributed by atoms with van der Waals surface area (Å²) in [6.07, 6.45) is 1.25. The van der Waals surface area contributed by atoms with Gasteiger partial charge in [-0.1, -0.05) is 0 Å². The first-order valence-electron chi connectivity index (χ1n) is 4.40. The second-order valence-electron chi connectivity index (χ2n) is 3.68. The van der Waals surface area contributed by atoms with Crippen LogP contribution in [0.1, 0.15) is 23.6 Å². The molecular weight excluding hydrogens is 247 g/mol. The van der Waals surface area contributed by atoms with E-state index in [9.17, 15) is 0 Å². The molecular formula is C11H15In. The van der Waals surface area contributed by atoms with Crippen LogP contribution in [-0.4, -0.2) is 24.4 Å². The third kappa shape index (κ3) is 3.22. The molecule has 1 atom stereocenters. The summed E-state index contributed by atoms with van der Waals surface area (Å²) in [5.41, 5.74) is 4.30. The summed E-state index contributed by atoms with van der Waals surface area (Å²) in [6, 6.07) is 6.85. The Balaban J connectivity index is 2.85. The van der Waals surface area contributed by atoms with Crippen LogP contribution in [0.2, 0.25) is 3.67 Å². The molecule has 0 bridgehead atoms. The van der Waals surface area contributed by atoms with E-state index in [4.69, 9.17) is 0 Å². The summed E-state index contributed by atoms with van der Waals surface area (Å²) in [7, 11) is 0. The van der Waals surface area contributed by atoms with Gasteiger partial charge in [0.25, 0.3) is 0 Å². The van der Waals surface area contributed by atoms with Gasteiger partial charge in [0.15, 0.2) is 0 Å². The Labute approximate surface area is 89.9 Å². The monoisotopic (exact) mass is 262 g/mol. The van der Waals surface area contributed by atoms with Crippen molar-refractivity contribution in [2.75, 3.05) is 0 Å². The van der Waals surface area contributed by atoms with Gasteiger partial charge in [-0.25, -0.2) is 0 Å². The molecule has 1 unspecified atom stereocenters. The Morgan fingerprint density at radius 1 is 1.17 bits per heavy atom. The van der Waals surface area contributed by atoms with Crippen molar-refractivity contribution < 1.29 is 0 Å². The Morgan fingerprint density at radius 2 is 1.67 bits per heavy atom. The van der Waals surface area contributed by atoms with E-state index in [1.54, 1.807) is 0 Å². The molecule has 12 heavy (non-hydrogen) atoms. The van der Waals surface area contributed by atoms with Gasteiger partial charge in [-0.3, -0.25) is 0 Å². The van der Waals surface area contributed by atoms with Crippen molar-refractivity contribution in [3.63, 3.8) is 0 Å². The third-order valence-corrected chi connectivity index (χ3v) is 2.51. The molecule has 0 N–H and O–H groups in total. The van der Waals surface area contributed by atoms with Gasteiger partial charge in [0.2, 0.25) is 0 Å². The van der Waals surface area contributed by atoms with Crippen LogP contribution in [0.5, 0.6) is 0 Å². The summed E-state index contributed by atoms with van der Waals surface area (Å²) < 4.78 is 0.886. The Morgan fingerprint density at radius 3 is 2.08 bits per heavy atom. The molecule has 0 saturated carbocycles. The Hall–Kier alpha value is 0.0901. The van der Waals surface area contributed by atoms with Crippen LogP contribution in [0.3, 0.4) is 0 Å². The van der Waals surface area contributed by atoms with Gasteiger partial charge >= 0.3 is 90.1 Å². The van der Waals surface area contributed by atoms with Gasteiger partial charge in [0.1, 0.15) is 0 Å². The normalized spacial score (nSPS) is 12.9. The van der Waals surface area contributed by atoms with Gasteiger partial charge in [-0.15, -0.1) is 0 Å². The summed E-state index contributed by atoms with van der Waals surface area (Å²) >= 11 is 1.36. The topological polar surface area (TPSA) is 0 Å². The van der Waals surface area contributed by atoms with Crippen molar-refractivity contribution >= 4 is 24.4 Å². The molecule has 0 saturated heterocycles. The zero-order chi connectivity index (χ0) is 9.14. The van der Waals surface area contributed by atoms with E-state index in [0.717, 1.165) is 3.67 Å². The second kappa shape index (κ2) is 4.36. The number of aryl methyl sites for hydroxylation is 2. The molecule has 1 heteroatoms. The zero-order valence-corrected chi connectivity index (χ0v) is 11.4. The number of benzene rings is 1. The molecule has 0 aliphatic rings. The fourth-order valence-electron chi connectivity index (χ4n) is 1.56. The van der Waals surface area contributed by atoms with E-state index in [-0.39, 0.29) is 0 Å². The van der Waals surface area contributed by atoms with Crippen molar-refractivity contribution in [3.05, 3.63) is 34.9 Å². The molecule has 0 aromatic heterocycles. The Kier molecular flexibility index (Phi) is 3.70. The third-order valence-electron chi connectivity index (χ3n) is 1.84. The summed E-state index contributed by atoms with van der Waals surface area (Å²) in [5, 5.41) is 0. The SMILES string of the molecule is Cc1cc(C)cc(C[CH](C)[In])c1. The molecule has 0 heterocycles. The van der Waals surface area contributed by atoms with Crippen molar-refractivity contribution in [3.8, 4) is 0 Å². The molecule has 62 valence electrons. The zero-order valence-electron chi connectivity index (χ0n) is 8.09. The predicted molar refractivity (Wildman–Crippen MR) is 54.8 cm³/mol. The minimum absolute atomic E-state index is 0.886. The van der Waals surface area contributed by atoms with E-state index in [2.05, 4.69) is 39.0 Å². The van der Waals surface area contributed by atoms with Crippen LogP contribution in [0.25, 0.3) is 0 Å². The average Bonchev–Trinajstić information content (AvgIpc) is 1.81. The van der Waals surface area contributed by atoms with E-state index in [1.165, 1.54) is 47.5 Å². The molecule has 1 aromatic rings. The van der Waals surface area contributed by atoms with Crippen molar-refractivity contribution in [2.45, 2.75) is 30.9 Å². The predicted octanol–water partition coefficient (Wildman–Crippen LogP) is 2.82. The van der Waals surface area contributed by atoms with Gasteiger partial charge in [-0.05, 0) is 0 Å². The van der Waals surface area contributed by atoms with Gasteiger partial charge in [0.05, 0.1) is 0 Å². The van der Waals surface area contributed by atoms with E-state index in [1.807, 2.05) is 0 Å². The fourth-order valence-corrected chi connectivity index (χ4v) is 2.34. The van der Waals surface area contributed by atoms with Crippen molar-refractivity contribution in [1.29, 1.82) is 0 Å². The quantitative estimate of drug-likeness (QED) is 0.768. The standard InChI is InChI=1S/C11H15.In/c1-4-5-11-7-9(2)6-10(3)8-11;/h4,6-8H,5H2,1-3H3;. The van der Waals surface area contributed by atoms with Crippen LogP contribution >= 0.6 is 0 Å². The fraction of sp³-hybridized carbons (Fsp3) is 0.455. The van der Waals surface area contributed by atoms with Crippen LogP contribution < -0.4 is 0 Å². The molecule has 0 amide bonds. The maximum absolute atomic E-state index is 2.32. The number of rotatable bonds is 2. The average molecular weight is 262 g/mol. The van der Waals surface area contributed by atoms with E-state index >= 15 is 0 Å². The molecule has 0 spiro atoms. The van der Waals surface area contributed by atoms with Gasteiger partial charge in [-0.2, -0.15) is 0 Å². The minimum atomic E-state index is 0.886. The van der Waals surface area contributed by atoms with Crippen LogP contribution in [0.4, 0.5) is 0 Å². The maximum atomic E-state index is 2.32. The van der Waals surface area contributed by atoms with Crippen LogP contribution in [-0.2, 0) is 6.42 Å². The van der Waals surface area contributed by atoms with E-state index < -0.39 is 0 Å². The van der Waals surface area contributed by atoms with Crippen LogP contribution in [0, 0.1) is 13.8 Å². The first kappa shape index (κ1) is 10.2. The van der Waals surface area contributed by atoms with Gasteiger partial charge < -0.3 is 0 Å². The molecule has 0 aliphatic carbocycles. The summed E-state index contributed by atoms with van der Waals surface area (Å²) in [6.45, 7) is 6.67. The first-order valence-corrected chi connectivity index (χ1v) is 6.31. The van der Waals surface area contributed by atoms with Crippen molar-refractivity contribution in [2.24, 2.45) is 0 Å². The molecule has 0 nitrogen and oxygen atoms in total. The van der Waals surface area contributed by atoms with Crippen LogP contribution in [0.15, 0.2) is 18.2 Å². The summed E-state index contributed by atoms with van der Waals surface area (Å²) in [5.74, 6) is 0. The van der Waals surface area contributed by atoms with E-state index in [0.29, 0.717) is 0 Å².